The highest BCUT2D eigenvalue weighted by atomic mass is 15.2. The van der Waals surface area contributed by atoms with E-state index in [-0.39, 0.29) is 5.41 Å². The Morgan fingerprint density at radius 3 is 2.53 bits per heavy atom. The van der Waals surface area contributed by atoms with Crippen LogP contribution in [0, 0.1) is 0 Å². The highest BCUT2D eigenvalue weighted by molar-refractivity contribution is 5.50. The fourth-order valence-electron chi connectivity index (χ4n) is 3.56. The fourth-order valence-corrected chi connectivity index (χ4v) is 3.56. The molecule has 1 aromatic carbocycles. The molecule has 3 rings (SSSR count). The molecule has 19 heavy (non-hydrogen) atoms. The lowest BCUT2D eigenvalue weighted by Gasteiger charge is -2.40. The summed E-state index contributed by atoms with van der Waals surface area (Å²) in [5.74, 6) is 0. The van der Waals surface area contributed by atoms with Crippen molar-refractivity contribution in [1.82, 2.24) is 5.32 Å². The summed E-state index contributed by atoms with van der Waals surface area (Å²) < 4.78 is 0. The summed E-state index contributed by atoms with van der Waals surface area (Å²) >= 11 is 0. The maximum atomic E-state index is 3.67. The lowest BCUT2D eigenvalue weighted by molar-refractivity contribution is 0.404. The van der Waals surface area contributed by atoms with Crippen molar-refractivity contribution in [2.75, 3.05) is 18.0 Å². The van der Waals surface area contributed by atoms with Gasteiger partial charge in [-0.1, -0.05) is 32.9 Å². The molecule has 1 saturated carbocycles. The van der Waals surface area contributed by atoms with Crippen LogP contribution in [-0.4, -0.2) is 25.2 Å². The van der Waals surface area contributed by atoms with Crippen molar-refractivity contribution in [2.45, 2.75) is 57.5 Å². The first-order valence-corrected chi connectivity index (χ1v) is 7.66. The van der Waals surface area contributed by atoms with Gasteiger partial charge in [0.1, 0.15) is 0 Å². The van der Waals surface area contributed by atoms with Gasteiger partial charge in [-0.15, -0.1) is 0 Å². The molecule has 0 radical (unpaired) electrons. The Bertz CT molecular complexity index is 430. The maximum absolute atomic E-state index is 3.67. The van der Waals surface area contributed by atoms with Crippen LogP contribution >= 0.6 is 0 Å². The molecular formula is C17H26N2. The Labute approximate surface area is 117 Å². The van der Waals surface area contributed by atoms with Crippen LogP contribution in [0.4, 0.5) is 5.69 Å². The lowest BCUT2D eigenvalue weighted by atomic mass is 9.87. The van der Waals surface area contributed by atoms with Gasteiger partial charge in [0.2, 0.25) is 0 Å². The number of hydrogen-bond donors (Lipinski definition) is 1. The van der Waals surface area contributed by atoms with Crippen molar-refractivity contribution >= 4 is 5.69 Å². The third-order valence-electron chi connectivity index (χ3n) is 4.70. The molecule has 1 heterocycles. The average molecular weight is 258 g/mol. The summed E-state index contributed by atoms with van der Waals surface area (Å²) in [7, 11) is 0. The molecule has 1 aliphatic carbocycles. The van der Waals surface area contributed by atoms with Gasteiger partial charge in [-0.05, 0) is 42.4 Å². The van der Waals surface area contributed by atoms with Gasteiger partial charge in [0.15, 0.2) is 0 Å². The van der Waals surface area contributed by atoms with Crippen molar-refractivity contribution < 1.29 is 0 Å². The molecule has 1 saturated heterocycles. The summed E-state index contributed by atoms with van der Waals surface area (Å²) in [6.45, 7) is 9.11. The third kappa shape index (κ3) is 2.51. The second kappa shape index (κ2) is 4.82. The molecule has 104 valence electrons. The van der Waals surface area contributed by atoms with Crippen LogP contribution in [0.5, 0.6) is 0 Å². The number of nitrogens with one attached hydrogen (secondary N) is 1. The van der Waals surface area contributed by atoms with E-state index in [1.165, 1.54) is 30.5 Å². The van der Waals surface area contributed by atoms with Gasteiger partial charge in [-0.25, -0.2) is 0 Å². The Kier molecular flexibility index (Phi) is 3.30. The second-order valence-corrected chi connectivity index (χ2v) is 7.05. The van der Waals surface area contributed by atoms with E-state index in [0.717, 1.165) is 19.1 Å². The quantitative estimate of drug-likeness (QED) is 0.831. The van der Waals surface area contributed by atoms with Crippen LogP contribution in [-0.2, 0) is 5.41 Å². The molecule has 0 amide bonds. The molecule has 0 spiro atoms. The highest BCUT2D eigenvalue weighted by Gasteiger charge is 2.34. The Morgan fingerprint density at radius 1 is 1.11 bits per heavy atom. The van der Waals surface area contributed by atoms with E-state index in [0.29, 0.717) is 6.04 Å². The molecule has 2 heteroatoms. The number of piperazine rings is 1. The molecule has 1 aromatic rings. The lowest BCUT2D eigenvalue weighted by Crippen LogP contribution is -2.55. The first kappa shape index (κ1) is 13.0. The van der Waals surface area contributed by atoms with Gasteiger partial charge in [-0.3, -0.25) is 0 Å². The van der Waals surface area contributed by atoms with Crippen LogP contribution in [0.1, 0.15) is 45.6 Å². The number of benzene rings is 1. The van der Waals surface area contributed by atoms with Crippen molar-refractivity contribution in [2.24, 2.45) is 0 Å². The average Bonchev–Trinajstić information content (AvgIpc) is 2.86. The Balaban J connectivity index is 1.82. The number of nitrogens with zero attached hydrogens (tertiary/aromatic N) is 1. The molecule has 2 fully saturated rings. The van der Waals surface area contributed by atoms with E-state index in [4.69, 9.17) is 0 Å². The molecule has 2 aliphatic rings. The van der Waals surface area contributed by atoms with E-state index < -0.39 is 0 Å². The Morgan fingerprint density at radius 2 is 1.84 bits per heavy atom. The summed E-state index contributed by atoms with van der Waals surface area (Å²) in [6.07, 6.45) is 4.07. The van der Waals surface area contributed by atoms with E-state index >= 15 is 0 Å². The zero-order valence-electron chi connectivity index (χ0n) is 12.4. The standard InChI is InChI=1S/C17H26N2/c1-17(2,3)13-7-9-14(10-8-13)19-12-11-18-15-5-4-6-16(15)19/h7-10,15-16,18H,4-6,11-12H2,1-3H3/t15-,16-/m0/s1. The number of rotatable bonds is 1. The number of hydrogen-bond acceptors (Lipinski definition) is 2. The van der Waals surface area contributed by atoms with Gasteiger partial charge in [0.05, 0.1) is 0 Å². The SMILES string of the molecule is CC(C)(C)c1ccc(N2CCN[C@H]3CCC[C@@H]32)cc1. The minimum atomic E-state index is 0.248. The molecule has 1 N–H and O–H groups in total. The zero-order chi connectivity index (χ0) is 13.5. The van der Waals surface area contributed by atoms with Gasteiger partial charge >= 0.3 is 0 Å². The van der Waals surface area contributed by atoms with Crippen molar-refractivity contribution in [3.05, 3.63) is 29.8 Å². The first-order valence-electron chi connectivity index (χ1n) is 7.66. The summed E-state index contributed by atoms with van der Waals surface area (Å²) in [5.41, 5.74) is 3.08. The molecule has 2 nitrogen and oxygen atoms in total. The van der Waals surface area contributed by atoms with Gasteiger partial charge in [0.25, 0.3) is 0 Å². The largest absolute Gasteiger partial charge is 0.366 e. The first-order chi connectivity index (χ1) is 9.05. The predicted molar refractivity (Wildman–Crippen MR) is 81.9 cm³/mol. The normalized spacial score (nSPS) is 27.4. The van der Waals surface area contributed by atoms with Crippen LogP contribution in [0.15, 0.2) is 24.3 Å². The minimum absolute atomic E-state index is 0.248. The maximum Gasteiger partial charge on any atom is 0.0443 e. The van der Waals surface area contributed by atoms with Crippen LogP contribution in [0.2, 0.25) is 0 Å². The van der Waals surface area contributed by atoms with Gasteiger partial charge in [0, 0.05) is 30.9 Å². The summed E-state index contributed by atoms with van der Waals surface area (Å²) in [5, 5.41) is 3.67. The molecule has 0 unspecified atom stereocenters. The Hall–Kier alpha value is -1.02. The highest BCUT2D eigenvalue weighted by Crippen LogP contribution is 2.32. The smallest absolute Gasteiger partial charge is 0.0443 e. The monoisotopic (exact) mass is 258 g/mol. The second-order valence-electron chi connectivity index (χ2n) is 7.05. The molecule has 0 aromatic heterocycles. The van der Waals surface area contributed by atoms with E-state index in [9.17, 15) is 0 Å². The number of anilines is 1. The third-order valence-corrected chi connectivity index (χ3v) is 4.70. The summed E-state index contributed by atoms with van der Waals surface area (Å²) in [4.78, 5) is 2.63. The van der Waals surface area contributed by atoms with Crippen LogP contribution in [0.25, 0.3) is 0 Å². The van der Waals surface area contributed by atoms with Crippen molar-refractivity contribution in [1.29, 1.82) is 0 Å². The van der Waals surface area contributed by atoms with Gasteiger partial charge in [-0.2, -0.15) is 0 Å². The molecular weight excluding hydrogens is 232 g/mol. The van der Waals surface area contributed by atoms with Crippen molar-refractivity contribution in [3.63, 3.8) is 0 Å². The summed E-state index contributed by atoms with van der Waals surface area (Å²) in [6, 6.07) is 10.7. The van der Waals surface area contributed by atoms with E-state index in [1.54, 1.807) is 0 Å². The minimum Gasteiger partial charge on any atom is -0.366 e. The topological polar surface area (TPSA) is 15.3 Å². The van der Waals surface area contributed by atoms with Crippen LogP contribution < -0.4 is 10.2 Å². The zero-order valence-corrected chi connectivity index (χ0v) is 12.4. The van der Waals surface area contributed by atoms with E-state index in [1.807, 2.05) is 0 Å². The fraction of sp³-hybridized carbons (Fsp3) is 0.647. The number of fused-ring (bicyclic) bond motifs is 1. The molecule has 2 atom stereocenters. The predicted octanol–water partition coefficient (Wildman–Crippen LogP) is 3.31. The molecule has 0 bridgehead atoms. The van der Waals surface area contributed by atoms with Crippen LogP contribution in [0.3, 0.4) is 0 Å². The molecule has 1 aliphatic heterocycles. The van der Waals surface area contributed by atoms with E-state index in [2.05, 4.69) is 55.3 Å². The van der Waals surface area contributed by atoms with Crippen molar-refractivity contribution in [3.8, 4) is 0 Å². The van der Waals surface area contributed by atoms with Gasteiger partial charge < -0.3 is 10.2 Å².